The van der Waals surface area contributed by atoms with Gasteiger partial charge in [-0.05, 0) is 45.7 Å². The van der Waals surface area contributed by atoms with E-state index in [1.807, 2.05) is 31.7 Å². The van der Waals surface area contributed by atoms with E-state index < -0.39 is 17.4 Å². The second kappa shape index (κ2) is 8.76. The molecule has 164 valence electrons. The molecular formula is C22H26FN6O2-. The molecule has 1 N–H and O–H groups in total. The number of amides is 1. The van der Waals surface area contributed by atoms with Gasteiger partial charge in [0.05, 0.1) is 11.3 Å². The highest BCUT2D eigenvalue weighted by Gasteiger charge is 2.33. The molecule has 1 saturated heterocycles. The Hall–Kier alpha value is -3.41. The van der Waals surface area contributed by atoms with Crippen LogP contribution in [0.2, 0.25) is 0 Å². The van der Waals surface area contributed by atoms with E-state index in [-0.39, 0.29) is 11.6 Å². The lowest BCUT2D eigenvalue weighted by atomic mass is 9.97. The third-order valence-corrected chi connectivity index (χ3v) is 5.33. The first kappa shape index (κ1) is 22.3. The van der Waals surface area contributed by atoms with Crippen LogP contribution in [-0.4, -0.2) is 52.7 Å². The van der Waals surface area contributed by atoms with Gasteiger partial charge in [-0.1, -0.05) is 6.07 Å². The lowest BCUT2D eigenvalue weighted by Crippen LogP contribution is -2.60. The van der Waals surface area contributed by atoms with Gasteiger partial charge < -0.3 is 25.0 Å². The first-order valence-electron chi connectivity index (χ1n) is 10.2. The van der Waals surface area contributed by atoms with E-state index >= 15 is 0 Å². The summed E-state index contributed by atoms with van der Waals surface area (Å²) in [6.45, 7) is 6.73. The smallest absolute Gasteiger partial charge is 0.224 e. The molecule has 2 heterocycles. The van der Waals surface area contributed by atoms with Crippen molar-refractivity contribution in [3.05, 3.63) is 35.6 Å². The molecule has 8 nitrogen and oxygen atoms in total. The number of nitrogens with zero attached hydrogens (tertiary/aromatic N) is 5. The molecule has 0 saturated carbocycles. The zero-order valence-electron chi connectivity index (χ0n) is 18.1. The zero-order chi connectivity index (χ0) is 22.8. The summed E-state index contributed by atoms with van der Waals surface area (Å²) in [5, 5.41) is 23.7. The van der Waals surface area contributed by atoms with Crippen LogP contribution in [0.3, 0.4) is 0 Å². The Morgan fingerprint density at radius 1 is 1.35 bits per heavy atom. The molecule has 0 spiro atoms. The van der Waals surface area contributed by atoms with E-state index in [0.29, 0.717) is 36.1 Å². The van der Waals surface area contributed by atoms with Crippen LogP contribution in [-0.2, 0) is 0 Å². The van der Waals surface area contributed by atoms with Crippen LogP contribution in [0.15, 0.2) is 24.3 Å². The van der Waals surface area contributed by atoms with Gasteiger partial charge in [0.1, 0.15) is 23.8 Å². The van der Waals surface area contributed by atoms with Crippen LogP contribution in [0.5, 0.6) is 0 Å². The van der Waals surface area contributed by atoms with Crippen molar-refractivity contribution in [1.29, 1.82) is 5.26 Å². The fourth-order valence-corrected chi connectivity index (χ4v) is 3.97. The van der Waals surface area contributed by atoms with Crippen molar-refractivity contribution >= 4 is 17.9 Å². The molecule has 0 unspecified atom stereocenters. The van der Waals surface area contributed by atoms with Crippen molar-refractivity contribution < 1.29 is 14.3 Å². The minimum atomic E-state index is -1.19. The molecular weight excluding hydrogens is 399 g/mol. The van der Waals surface area contributed by atoms with E-state index in [2.05, 4.69) is 15.3 Å². The number of carbonyl (C=O) groups is 1. The Morgan fingerprint density at radius 3 is 2.68 bits per heavy atom. The number of benzene rings is 1. The Labute approximate surface area is 181 Å². The molecule has 1 aliphatic heterocycles. The minimum absolute atomic E-state index is 0.0321. The van der Waals surface area contributed by atoms with Crippen molar-refractivity contribution in [2.75, 3.05) is 30.4 Å². The number of nitrogens with one attached hydrogen (secondary N) is 1. The Kier molecular flexibility index (Phi) is 6.29. The molecule has 1 amide bonds. The molecule has 31 heavy (non-hydrogen) atoms. The van der Waals surface area contributed by atoms with Gasteiger partial charge in [0.25, 0.3) is 0 Å². The number of anilines is 2. The number of hydrogen-bond acceptors (Lipinski definition) is 7. The van der Waals surface area contributed by atoms with Crippen molar-refractivity contribution in [1.82, 2.24) is 14.9 Å². The first-order chi connectivity index (χ1) is 14.6. The van der Waals surface area contributed by atoms with E-state index in [9.17, 15) is 14.3 Å². The number of aromatic nitrogens is 2. The summed E-state index contributed by atoms with van der Waals surface area (Å²) in [4.78, 5) is 24.2. The van der Waals surface area contributed by atoms with Crippen LogP contribution >= 0.6 is 0 Å². The number of hydrogen-bond donors (Lipinski definition) is 1. The lowest BCUT2D eigenvalue weighted by molar-refractivity contribution is -0.273. The summed E-state index contributed by atoms with van der Waals surface area (Å²) in [7, 11) is 1.69. The van der Waals surface area contributed by atoms with Crippen molar-refractivity contribution in [3.63, 3.8) is 0 Å². The van der Waals surface area contributed by atoms with Gasteiger partial charge in [-0.25, -0.2) is 9.37 Å². The van der Waals surface area contributed by atoms with Crippen molar-refractivity contribution in [2.24, 2.45) is 0 Å². The molecule has 0 radical (unpaired) electrons. The number of nitriles is 1. The van der Waals surface area contributed by atoms with Crippen molar-refractivity contribution in [3.8, 4) is 17.3 Å². The molecule has 0 bridgehead atoms. The molecule has 1 atom stereocenters. The molecule has 3 rings (SSSR count). The number of rotatable bonds is 4. The van der Waals surface area contributed by atoms with E-state index in [4.69, 9.17) is 5.26 Å². The van der Waals surface area contributed by atoms with Crippen LogP contribution in [0, 0.1) is 17.1 Å². The van der Waals surface area contributed by atoms with E-state index in [1.165, 1.54) is 17.0 Å². The SMILES string of the molecule is CNc1nc(-c2ccc(C#N)c(F)c2)cc(N2CCC[C@@H](N(C(=O)[O-])C(C)(C)C)C2)n1. The van der Waals surface area contributed by atoms with Crippen LogP contribution in [0.1, 0.15) is 39.2 Å². The average molecular weight is 425 g/mol. The maximum absolute atomic E-state index is 14.1. The quantitative estimate of drug-likeness (QED) is 0.802. The number of carbonyl (C=O) groups excluding carboxylic acids is 1. The second-order valence-corrected chi connectivity index (χ2v) is 8.54. The number of carboxylic acid groups (broad SMARTS) is 1. The number of halogens is 1. The molecule has 1 aromatic carbocycles. The monoisotopic (exact) mass is 425 g/mol. The van der Waals surface area contributed by atoms with Crippen LogP contribution in [0.4, 0.5) is 21.0 Å². The maximum Gasteiger partial charge on any atom is 0.224 e. The second-order valence-electron chi connectivity index (χ2n) is 8.54. The first-order valence-corrected chi connectivity index (χ1v) is 10.2. The van der Waals surface area contributed by atoms with Gasteiger partial charge in [0.15, 0.2) is 0 Å². The molecule has 1 aliphatic rings. The summed E-state index contributed by atoms with van der Waals surface area (Å²) >= 11 is 0. The summed E-state index contributed by atoms with van der Waals surface area (Å²) in [5.41, 5.74) is 0.415. The Morgan fingerprint density at radius 2 is 2.10 bits per heavy atom. The summed E-state index contributed by atoms with van der Waals surface area (Å²) in [6, 6.07) is 7.67. The standard InChI is InChI=1S/C22H27FN6O2/c1-22(2,3)29(21(30)31)16-6-5-9-28(13-16)19-11-18(26-20(25-4)27-19)14-7-8-15(12-24)17(23)10-14/h7-8,10-11,16H,5-6,9,13H2,1-4H3,(H,30,31)(H,25,26,27)/p-1/t16-/m1/s1. The van der Waals surface area contributed by atoms with Gasteiger partial charge in [-0.3, -0.25) is 0 Å². The van der Waals surface area contributed by atoms with Gasteiger partial charge in [0, 0.05) is 43.3 Å². The topological polar surface area (TPSA) is 108 Å². The Balaban J connectivity index is 1.95. The normalized spacial score (nSPS) is 16.5. The van der Waals surface area contributed by atoms with E-state index in [1.54, 1.807) is 19.2 Å². The molecule has 9 heteroatoms. The molecule has 0 aliphatic carbocycles. The minimum Gasteiger partial charge on any atom is -0.530 e. The maximum atomic E-state index is 14.1. The highest BCUT2D eigenvalue weighted by Crippen LogP contribution is 2.29. The summed E-state index contributed by atoms with van der Waals surface area (Å²) < 4.78 is 14.1. The Bertz CT molecular complexity index is 1010. The lowest BCUT2D eigenvalue weighted by Gasteiger charge is -2.47. The van der Waals surface area contributed by atoms with Crippen molar-refractivity contribution in [2.45, 2.75) is 45.2 Å². The highest BCUT2D eigenvalue weighted by molar-refractivity contribution is 5.67. The largest absolute Gasteiger partial charge is 0.530 e. The predicted molar refractivity (Wildman–Crippen MR) is 114 cm³/mol. The van der Waals surface area contributed by atoms with Gasteiger partial charge in [-0.15, -0.1) is 0 Å². The summed E-state index contributed by atoms with van der Waals surface area (Å²) in [6.07, 6.45) is 0.343. The van der Waals surface area contributed by atoms with Gasteiger partial charge in [-0.2, -0.15) is 10.2 Å². The molecule has 1 aromatic heterocycles. The summed E-state index contributed by atoms with van der Waals surface area (Å²) in [5.74, 6) is 0.377. The van der Waals surface area contributed by atoms with Gasteiger partial charge in [0.2, 0.25) is 5.95 Å². The van der Waals surface area contributed by atoms with E-state index in [0.717, 1.165) is 12.8 Å². The fourth-order valence-electron chi connectivity index (χ4n) is 3.97. The zero-order valence-corrected chi connectivity index (χ0v) is 18.1. The molecule has 2 aromatic rings. The molecule has 1 fully saturated rings. The third kappa shape index (κ3) is 4.85. The average Bonchev–Trinajstić information content (AvgIpc) is 2.72. The third-order valence-electron chi connectivity index (χ3n) is 5.33. The highest BCUT2D eigenvalue weighted by atomic mass is 19.1. The van der Waals surface area contributed by atoms with Crippen LogP contribution < -0.4 is 15.3 Å². The fraction of sp³-hybridized carbons (Fsp3) is 0.455. The number of piperidine rings is 1. The van der Waals surface area contributed by atoms with Crippen LogP contribution in [0.25, 0.3) is 11.3 Å². The predicted octanol–water partition coefficient (Wildman–Crippen LogP) is 2.61. The van der Waals surface area contributed by atoms with Gasteiger partial charge >= 0.3 is 0 Å².